The highest BCUT2D eigenvalue weighted by molar-refractivity contribution is 5.55. The number of hydrogen-bond donors (Lipinski definition) is 0. The molecule has 0 aliphatic carbocycles. The number of benzene rings is 2. The molecule has 1 heterocycles. The molecule has 1 atom stereocenters. The lowest BCUT2D eigenvalue weighted by atomic mass is 9.73. The number of ether oxygens (including phenoxy) is 2. The van der Waals surface area contributed by atoms with Gasteiger partial charge in [0.25, 0.3) is 0 Å². The van der Waals surface area contributed by atoms with Crippen LogP contribution in [0.4, 0.5) is 0 Å². The summed E-state index contributed by atoms with van der Waals surface area (Å²) >= 11 is 0. The molecule has 1 unspecified atom stereocenters. The molecule has 2 aromatic rings. The van der Waals surface area contributed by atoms with Gasteiger partial charge in [-0.1, -0.05) is 0 Å². The molecule has 0 bridgehead atoms. The summed E-state index contributed by atoms with van der Waals surface area (Å²) < 4.78 is 12.2. The predicted octanol–water partition coefficient (Wildman–Crippen LogP) is 5.84. The van der Waals surface area contributed by atoms with Gasteiger partial charge in [0, 0.05) is 5.92 Å². The van der Waals surface area contributed by atoms with Gasteiger partial charge in [-0.3, -0.25) is 0 Å². The number of hydrogen-bond acceptors (Lipinski definition) is 2. The van der Waals surface area contributed by atoms with Gasteiger partial charge in [-0.15, -0.1) is 0 Å². The highest BCUT2D eigenvalue weighted by atomic mass is 16.5. The maximum Gasteiger partial charge on any atom is 0.126 e. The van der Waals surface area contributed by atoms with Gasteiger partial charge in [-0.25, -0.2) is 0 Å². The fraction of sp³-hybridized carbons (Fsp3) is 0.500. The summed E-state index contributed by atoms with van der Waals surface area (Å²) in [6.45, 7) is 17.4. The molecule has 2 heteroatoms. The first kappa shape index (κ1) is 18.8. The lowest BCUT2D eigenvalue weighted by molar-refractivity contribution is 0.0597. The summed E-state index contributed by atoms with van der Waals surface area (Å²) in [5, 5.41) is 0. The molecule has 3 rings (SSSR count). The van der Waals surface area contributed by atoms with E-state index < -0.39 is 0 Å². The van der Waals surface area contributed by atoms with Crippen molar-refractivity contribution in [1.29, 1.82) is 0 Å². The molecule has 0 amide bonds. The van der Waals surface area contributed by atoms with Crippen molar-refractivity contribution in [3.8, 4) is 11.5 Å². The van der Waals surface area contributed by atoms with E-state index in [1.54, 1.807) is 7.11 Å². The number of rotatable bonds is 2. The molecule has 1 aliphatic heterocycles. The summed E-state index contributed by atoms with van der Waals surface area (Å²) in [5.41, 5.74) is 9.87. The molecule has 2 nitrogen and oxygen atoms in total. The number of methoxy groups -OCH3 is 1. The first-order valence-electron chi connectivity index (χ1n) is 9.44. The van der Waals surface area contributed by atoms with E-state index in [4.69, 9.17) is 9.47 Å². The quantitative estimate of drug-likeness (QED) is 0.676. The summed E-state index contributed by atoms with van der Waals surface area (Å²) in [6, 6.07) is 5.69. The van der Waals surface area contributed by atoms with Crippen molar-refractivity contribution in [3.05, 3.63) is 56.6 Å². The first-order chi connectivity index (χ1) is 12.1. The Morgan fingerprint density at radius 3 is 2.27 bits per heavy atom. The van der Waals surface area contributed by atoms with E-state index in [9.17, 15) is 0 Å². The van der Waals surface area contributed by atoms with Gasteiger partial charge in [0.05, 0.1) is 7.11 Å². The highest BCUT2D eigenvalue weighted by Crippen LogP contribution is 2.48. The average molecular weight is 352 g/mol. The minimum Gasteiger partial charge on any atom is -0.496 e. The summed E-state index contributed by atoms with van der Waals surface area (Å²) in [4.78, 5) is 0. The van der Waals surface area contributed by atoms with Gasteiger partial charge in [0.2, 0.25) is 0 Å². The van der Waals surface area contributed by atoms with Crippen molar-refractivity contribution in [2.45, 2.75) is 73.3 Å². The van der Waals surface area contributed by atoms with E-state index >= 15 is 0 Å². The number of aryl methyl sites for hydroxylation is 3. The molecule has 0 saturated carbocycles. The van der Waals surface area contributed by atoms with Gasteiger partial charge >= 0.3 is 0 Å². The minimum absolute atomic E-state index is 0.269. The zero-order valence-electron chi connectivity index (χ0n) is 17.7. The van der Waals surface area contributed by atoms with E-state index in [-0.39, 0.29) is 5.60 Å². The largest absolute Gasteiger partial charge is 0.496 e. The third-order valence-electron chi connectivity index (χ3n) is 6.29. The fourth-order valence-electron chi connectivity index (χ4n) is 4.45. The van der Waals surface area contributed by atoms with Crippen molar-refractivity contribution < 1.29 is 9.47 Å². The van der Waals surface area contributed by atoms with Crippen LogP contribution in [0.5, 0.6) is 11.5 Å². The van der Waals surface area contributed by atoms with Gasteiger partial charge < -0.3 is 9.47 Å². The molecule has 1 radical (unpaired) electrons. The molecule has 139 valence electrons. The van der Waals surface area contributed by atoms with Gasteiger partial charge in [-0.2, -0.15) is 0 Å². The summed E-state index contributed by atoms with van der Waals surface area (Å²) in [5.74, 6) is 2.34. The summed E-state index contributed by atoms with van der Waals surface area (Å²) in [7, 11) is 1.75. The molecule has 2 aromatic carbocycles. The molecule has 26 heavy (non-hydrogen) atoms. The van der Waals surface area contributed by atoms with Crippen molar-refractivity contribution in [1.82, 2.24) is 0 Å². The van der Waals surface area contributed by atoms with Crippen LogP contribution in [-0.4, -0.2) is 12.7 Å². The minimum atomic E-state index is -0.269. The molecule has 0 fully saturated rings. The Balaban J connectivity index is 2.20. The monoisotopic (exact) mass is 351 g/mol. The first-order valence-corrected chi connectivity index (χ1v) is 9.44. The zero-order chi connectivity index (χ0) is 19.4. The second-order valence-electron chi connectivity index (χ2n) is 8.33. The maximum atomic E-state index is 6.63. The molecular formula is C24H31O2. The Morgan fingerprint density at radius 2 is 1.65 bits per heavy atom. The molecule has 0 aromatic heterocycles. The van der Waals surface area contributed by atoms with E-state index in [0.717, 1.165) is 17.9 Å². The Labute approximate surface area is 158 Å². The van der Waals surface area contributed by atoms with Crippen molar-refractivity contribution in [3.63, 3.8) is 0 Å². The van der Waals surface area contributed by atoms with Crippen LogP contribution < -0.4 is 9.47 Å². The van der Waals surface area contributed by atoms with Crippen molar-refractivity contribution in [2.75, 3.05) is 7.11 Å². The van der Waals surface area contributed by atoms with Crippen molar-refractivity contribution >= 4 is 0 Å². The van der Waals surface area contributed by atoms with Crippen LogP contribution in [0.3, 0.4) is 0 Å². The van der Waals surface area contributed by atoms with Gasteiger partial charge in [0.15, 0.2) is 0 Å². The third-order valence-corrected chi connectivity index (χ3v) is 6.29. The van der Waals surface area contributed by atoms with Gasteiger partial charge in [0.1, 0.15) is 17.1 Å². The highest BCUT2D eigenvalue weighted by Gasteiger charge is 2.41. The Kier molecular flexibility index (Phi) is 4.58. The molecule has 0 N–H and O–H groups in total. The Hall–Kier alpha value is -1.96. The SMILES string of the molecule is COc1cc(C)c(C2Cc3c(C)[c]c(C)c(C)c3OC2(C)C)c(C)c1C. The average Bonchev–Trinajstić information content (AvgIpc) is 2.56. The van der Waals surface area contributed by atoms with Crippen LogP contribution in [-0.2, 0) is 6.42 Å². The topological polar surface area (TPSA) is 18.5 Å². The van der Waals surface area contributed by atoms with E-state index in [1.807, 2.05) is 0 Å². The van der Waals surface area contributed by atoms with E-state index in [1.165, 1.54) is 44.5 Å². The predicted molar refractivity (Wildman–Crippen MR) is 108 cm³/mol. The maximum absolute atomic E-state index is 6.63. The standard InChI is InChI=1S/C24H31O2/c1-13-10-14(2)19-12-20(24(7,8)26-23(19)16(13)4)22-15(3)11-21(25-9)17(5)18(22)6/h11,20H,12H2,1-9H3. The Morgan fingerprint density at radius 1 is 1.00 bits per heavy atom. The zero-order valence-corrected chi connectivity index (χ0v) is 17.7. The molecule has 0 saturated heterocycles. The molecule has 0 spiro atoms. The second-order valence-corrected chi connectivity index (χ2v) is 8.33. The number of fused-ring (bicyclic) bond motifs is 1. The smallest absolute Gasteiger partial charge is 0.126 e. The van der Waals surface area contributed by atoms with Crippen LogP contribution in [0.2, 0.25) is 0 Å². The van der Waals surface area contributed by atoms with Crippen LogP contribution in [0.1, 0.15) is 64.3 Å². The molecule has 1 aliphatic rings. The normalized spacial score (nSPS) is 18.3. The summed E-state index contributed by atoms with van der Waals surface area (Å²) in [6.07, 6.45) is 0.985. The molecular weight excluding hydrogens is 320 g/mol. The Bertz CT molecular complexity index is 875. The van der Waals surface area contributed by atoms with E-state index in [2.05, 4.69) is 67.5 Å². The lowest BCUT2D eigenvalue weighted by Gasteiger charge is -2.43. The van der Waals surface area contributed by atoms with Crippen LogP contribution in [0.25, 0.3) is 0 Å². The van der Waals surface area contributed by atoms with Crippen LogP contribution in [0, 0.1) is 47.6 Å². The third kappa shape index (κ3) is 2.80. The van der Waals surface area contributed by atoms with Crippen molar-refractivity contribution in [2.24, 2.45) is 0 Å². The fourth-order valence-corrected chi connectivity index (χ4v) is 4.45. The van der Waals surface area contributed by atoms with Gasteiger partial charge in [-0.05, 0) is 118 Å². The van der Waals surface area contributed by atoms with Crippen LogP contribution in [0.15, 0.2) is 6.07 Å². The second kappa shape index (κ2) is 6.33. The van der Waals surface area contributed by atoms with Crippen LogP contribution >= 0.6 is 0 Å². The lowest BCUT2D eigenvalue weighted by Crippen LogP contribution is -2.42. The van der Waals surface area contributed by atoms with E-state index in [0.29, 0.717) is 5.92 Å².